The zero-order valence-electron chi connectivity index (χ0n) is 13.6. The molecule has 1 aromatic rings. The van der Waals surface area contributed by atoms with Gasteiger partial charge in [0.1, 0.15) is 11.8 Å². The quantitative estimate of drug-likeness (QED) is 0.774. The molecule has 0 aromatic heterocycles. The molecule has 1 amide bonds. The molecule has 0 spiro atoms. The van der Waals surface area contributed by atoms with Crippen molar-refractivity contribution in [2.45, 2.75) is 45.6 Å². The van der Waals surface area contributed by atoms with Crippen molar-refractivity contribution in [2.75, 3.05) is 7.11 Å². The predicted molar refractivity (Wildman–Crippen MR) is 85.0 cm³/mol. The zero-order valence-corrected chi connectivity index (χ0v) is 13.6. The molecule has 0 aliphatic rings. The van der Waals surface area contributed by atoms with Crippen LogP contribution in [0, 0.1) is 5.92 Å². The molecule has 0 saturated heterocycles. The molecule has 0 saturated carbocycles. The summed E-state index contributed by atoms with van der Waals surface area (Å²) in [6.45, 7) is 5.57. The minimum atomic E-state index is -0.999. The highest BCUT2D eigenvalue weighted by atomic mass is 16.5. The van der Waals surface area contributed by atoms with Crippen molar-refractivity contribution in [1.29, 1.82) is 0 Å². The summed E-state index contributed by atoms with van der Waals surface area (Å²) in [5, 5.41) is 11.7. The molecule has 0 heterocycles. The second-order valence-corrected chi connectivity index (χ2v) is 5.71. The first kappa shape index (κ1) is 18.0. The van der Waals surface area contributed by atoms with E-state index in [1.165, 1.54) is 0 Å². The number of carbonyl (C=O) groups excluding carboxylic acids is 1. The third kappa shape index (κ3) is 5.06. The molecule has 1 rings (SSSR count). The monoisotopic (exact) mass is 307 g/mol. The number of hydrogen-bond donors (Lipinski definition) is 2. The lowest BCUT2D eigenvalue weighted by molar-refractivity contribution is -0.143. The fourth-order valence-corrected chi connectivity index (χ4v) is 2.34. The molecule has 22 heavy (non-hydrogen) atoms. The molecule has 0 bridgehead atoms. The number of amides is 1. The molecule has 1 unspecified atom stereocenters. The van der Waals surface area contributed by atoms with E-state index in [1.807, 2.05) is 31.2 Å². The number of carboxylic acid groups (broad SMARTS) is 1. The molecule has 5 nitrogen and oxygen atoms in total. The van der Waals surface area contributed by atoms with Crippen LogP contribution in [-0.4, -0.2) is 30.1 Å². The van der Waals surface area contributed by atoms with E-state index in [0.717, 1.165) is 17.7 Å². The van der Waals surface area contributed by atoms with Crippen LogP contribution in [0.5, 0.6) is 5.75 Å². The molecule has 2 atom stereocenters. The smallest absolute Gasteiger partial charge is 0.326 e. The zero-order chi connectivity index (χ0) is 16.7. The van der Waals surface area contributed by atoms with Crippen LogP contribution in [0.2, 0.25) is 0 Å². The van der Waals surface area contributed by atoms with Gasteiger partial charge < -0.3 is 15.2 Å². The van der Waals surface area contributed by atoms with E-state index in [4.69, 9.17) is 9.84 Å². The maximum absolute atomic E-state index is 12.1. The first-order valence-electron chi connectivity index (χ1n) is 7.55. The van der Waals surface area contributed by atoms with Crippen molar-refractivity contribution >= 4 is 11.9 Å². The van der Waals surface area contributed by atoms with E-state index in [9.17, 15) is 9.59 Å². The fourth-order valence-electron chi connectivity index (χ4n) is 2.34. The van der Waals surface area contributed by atoms with Gasteiger partial charge in [-0.05, 0) is 36.0 Å². The van der Waals surface area contributed by atoms with Crippen LogP contribution in [0.15, 0.2) is 24.3 Å². The van der Waals surface area contributed by atoms with Gasteiger partial charge in [-0.25, -0.2) is 4.79 Å². The minimum Gasteiger partial charge on any atom is -0.497 e. The number of methoxy groups -OCH3 is 1. The second-order valence-electron chi connectivity index (χ2n) is 5.71. The van der Waals surface area contributed by atoms with Crippen LogP contribution < -0.4 is 10.1 Å². The summed E-state index contributed by atoms with van der Waals surface area (Å²) in [5.74, 6) is -0.548. The largest absolute Gasteiger partial charge is 0.497 e. The highest BCUT2D eigenvalue weighted by molar-refractivity contribution is 5.84. The highest BCUT2D eigenvalue weighted by Crippen LogP contribution is 2.25. The maximum Gasteiger partial charge on any atom is 0.326 e. The molecule has 0 aliphatic carbocycles. The second kappa shape index (κ2) is 8.41. The Morgan fingerprint density at radius 1 is 1.23 bits per heavy atom. The standard InChI is InChI=1S/C17H25NO4/c1-5-12(13-6-8-14(22-4)9-7-13)10-15(19)18-16(11(2)3)17(20)21/h6-9,11-12,16H,5,10H2,1-4H3,(H,18,19)(H,20,21)/t12?,16-/m1/s1. The van der Waals surface area contributed by atoms with Gasteiger partial charge >= 0.3 is 5.97 Å². The van der Waals surface area contributed by atoms with E-state index in [1.54, 1.807) is 21.0 Å². The van der Waals surface area contributed by atoms with Crippen LogP contribution in [0.1, 0.15) is 45.1 Å². The Kier molecular flexibility index (Phi) is 6.89. The molecular formula is C17H25NO4. The number of carboxylic acids is 1. The number of hydrogen-bond acceptors (Lipinski definition) is 3. The average Bonchev–Trinajstić information content (AvgIpc) is 2.49. The Hall–Kier alpha value is -2.04. The minimum absolute atomic E-state index is 0.0625. The lowest BCUT2D eigenvalue weighted by Gasteiger charge is -2.20. The lowest BCUT2D eigenvalue weighted by Crippen LogP contribution is -2.44. The van der Waals surface area contributed by atoms with E-state index in [-0.39, 0.29) is 24.2 Å². The Morgan fingerprint density at radius 2 is 1.82 bits per heavy atom. The van der Waals surface area contributed by atoms with Crippen LogP contribution in [0.4, 0.5) is 0 Å². The Morgan fingerprint density at radius 3 is 2.23 bits per heavy atom. The fraction of sp³-hybridized carbons (Fsp3) is 0.529. The summed E-state index contributed by atoms with van der Waals surface area (Å²) in [6.07, 6.45) is 1.08. The summed E-state index contributed by atoms with van der Waals surface area (Å²) in [5.41, 5.74) is 1.05. The van der Waals surface area contributed by atoms with Crippen molar-refractivity contribution in [2.24, 2.45) is 5.92 Å². The van der Waals surface area contributed by atoms with Gasteiger partial charge in [-0.15, -0.1) is 0 Å². The van der Waals surface area contributed by atoms with Crippen LogP contribution in [0.3, 0.4) is 0 Å². The van der Waals surface area contributed by atoms with Crippen LogP contribution in [-0.2, 0) is 9.59 Å². The number of nitrogens with one attached hydrogen (secondary N) is 1. The van der Waals surface area contributed by atoms with E-state index < -0.39 is 12.0 Å². The summed E-state index contributed by atoms with van der Waals surface area (Å²) in [6, 6.07) is 6.77. The van der Waals surface area contributed by atoms with Gasteiger partial charge in [-0.2, -0.15) is 0 Å². The summed E-state index contributed by atoms with van der Waals surface area (Å²) >= 11 is 0. The number of benzene rings is 1. The topological polar surface area (TPSA) is 75.6 Å². The Balaban J connectivity index is 2.72. The first-order chi connectivity index (χ1) is 10.4. The molecular weight excluding hydrogens is 282 g/mol. The van der Waals surface area contributed by atoms with Gasteiger partial charge in [-0.3, -0.25) is 4.79 Å². The average molecular weight is 307 g/mol. The third-order valence-corrected chi connectivity index (χ3v) is 3.76. The highest BCUT2D eigenvalue weighted by Gasteiger charge is 2.24. The van der Waals surface area contributed by atoms with Gasteiger partial charge in [0.2, 0.25) is 5.91 Å². The first-order valence-corrected chi connectivity index (χ1v) is 7.55. The molecule has 5 heteroatoms. The van der Waals surface area contributed by atoms with E-state index >= 15 is 0 Å². The number of carbonyl (C=O) groups is 2. The summed E-state index contributed by atoms with van der Waals surface area (Å²) in [7, 11) is 1.61. The normalized spacial score (nSPS) is 13.5. The van der Waals surface area contributed by atoms with Crippen LogP contribution in [0.25, 0.3) is 0 Å². The third-order valence-electron chi connectivity index (χ3n) is 3.76. The van der Waals surface area contributed by atoms with Crippen molar-refractivity contribution in [3.05, 3.63) is 29.8 Å². The van der Waals surface area contributed by atoms with Gasteiger partial charge in [0.25, 0.3) is 0 Å². The number of ether oxygens (including phenoxy) is 1. The molecule has 122 valence electrons. The molecule has 0 aliphatic heterocycles. The lowest BCUT2D eigenvalue weighted by atomic mass is 9.92. The van der Waals surface area contributed by atoms with Crippen LogP contribution >= 0.6 is 0 Å². The summed E-state index contributed by atoms with van der Waals surface area (Å²) in [4.78, 5) is 23.3. The SMILES string of the molecule is CCC(CC(=O)N[C@@H](C(=O)O)C(C)C)c1ccc(OC)cc1. The molecule has 0 radical (unpaired) electrons. The molecule has 0 fully saturated rings. The van der Waals surface area contributed by atoms with Crippen molar-refractivity contribution in [3.63, 3.8) is 0 Å². The van der Waals surface area contributed by atoms with Crippen molar-refractivity contribution in [3.8, 4) is 5.75 Å². The van der Waals surface area contributed by atoms with Crippen molar-refractivity contribution in [1.82, 2.24) is 5.32 Å². The Labute approximate surface area is 131 Å². The predicted octanol–water partition coefficient (Wildman–Crippen LogP) is 2.80. The van der Waals surface area contributed by atoms with Gasteiger partial charge in [-0.1, -0.05) is 32.9 Å². The van der Waals surface area contributed by atoms with Crippen molar-refractivity contribution < 1.29 is 19.4 Å². The maximum atomic E-state index is 12.1. The number of aliphatic carboxylic acids is 1. The Bertz CT molecular complexity index is 496. The van der Waals surface area contributed by atoms with Gasteiger partial charge in [0, 0.05) is 6.42 Å². The van der Waals surface area contributed by atoms with Gasteiger partial charge in [0.15, 0.2) is 0 Å². The van der Waals surface area contributed by atoms with E-state index in [2.05, 4.69) is 5.32 Å². The number of rotatable bonds is 8. The van der Waals surface area contributed by atoms with Gasteiger partial charge in [0.05, 0.1) is 7.11 Å². The summed E-state index contributed by atoms with van der Waals surface area (Å²) < 4.78 is 5.12. The molecule has 2 N–H and O–H groups in total. The molecule has 1 aromatic carbocycles. The van der Waals surface area contributed by atoms with E-state index in [0.29, 0.717) is 0 Å².